The molecule has 0 atom stereocenters. The fourth-order valence-corrected chi connectivity index (χ4v) is 2.91. The van der Waals surface area contributed by atoms with Crippen molar-refractivity contribution in [3.63, 3.8) is 0 Å². The van der Waals surface area contributed by atoms with Gasteiger partial charge in [0.15, 0.2) is 0 Å². The van der Waals surface area contributed by atoms with Gasteiger partial charge in [0.25, 0.3) is 0 Å². The maximum Gasteiger partial charge on any atom is 0.321 e. The van der Waals surface area contributed by atoms with Crippen molar-refractivity contribution in [1.29, 1.82) is 0 Å². The Morgan fingerprint density at radius 1 is 1.29 bits per heavy atom. The molecule has 0 radical (unpaired) electrons. The fourth-order valence-electron chi connectivity index (χ4n) is 2.38. The van der Waals surface area contributed by atoms with Gasteiger partial charge in [-0.25, -0.2) is 4.79 Å². The van der Waals surface area contributed by atoms with Crippen LogP contribution in [-0.2, 0) is 10.5 Å². The second-order valence-corrected chi connectivity index (χ2v) is 6.03. The summed E-state index contributed by atoms with van der Waals surface area (Å²) in [5, 5.41) is 11.8. The number of likely N-dealkylation sites (tertiary alicyclic amines) is 1. The van der Waals surface area contributed by atoms with Gasteiger partial charge in [-0.1, -0.05) is 12.1 Å². The molecule has 1 heterocycles. The molecule has 0 aromatic heterocycles. The molecule has 1 fully saturated rings. The van der Waals surface area contributed by atoms with Crippen LogP contribution in [0.1, 0.15) is 18.4 Å². The van der Waals surface area contributed by atoms with Gasteiger partial charge < -0.3 is 15.3 Å². The quantitative estimate of drug-likeness (QED) is 0.897. The van der Waals surface area contributed by atoms with Gasteiger partial charge in [-0.05, 0) is 36.8 Å². The summed E-state index contributed by atoms with van der Waals surface area (Å²) in [6.45, 7) is 0.987. The van der Waals surface area contributed by atoms with Crippen molar-refractivity contribution >= 4 is 29.4 Å². The molecular formula is C15H20N2O3S. The van der Waals surface area contributed by atoms with Gasteiger partial charge in [0, 0.05) is 24.5 Å². The molecule has 2 rings (SSSR count). The molecule has 1 aromatic carbocycles. The van der Waals surface area contributed by atoms with Crippen molar-refractivity contribution < 1.29 is 14.7 Å². The lowest BCUT2D eigenvalue weighted by molar-refractivity contribution is -0.143. The van der Waals surface area contributed by atoms with E-state index in [0.717, 1.165) is 11.4 Å². The number of carboxylic acids is 1. The van der Waals surface area contributed by atoms with Crippen molar-refractivity contribution in [3.8, 4) is 0 Å². The Hall–Kier alpha value is -1.69. The second kappa shape index (κ2) is 7.36. The van der Waals surface area contributed by atoms with E-state index in [2.05, 4.69) is 11.6 Å². The number of aliphatic carboxylic acids is 1. The highest BCUT2D eigenvalue weighted by atomic mass is 32.2. The largest absolute Gasteiger partial charge is 0.481 e. The van der Waals surface area contributed by atoms with Crippen LogP contribution in [0.15, 0.2) is 24.3 Å². The first kappa shape index (κ1) is 15.7. The molecule has 1 aliphatic heterocycles. The molecule has 6 heteroatoms. The van der Waals surface area contributed by atoms with Crippen molar-refractivity contribution in [2.24, 2.45) is 5.92 Å². The van der Waals surface area contributed by atoms with Crippen LogP contribution in [0.2, 0.25) is 0 Å². The maximum atomic E-state index is 12.1. The van der Waals surface area contributed by atoms with Gasteiger partial charge in [0.1, 0.15) is 0 Å². The number of carbonyl (C=O) groups is 2. The third kappa shape index (κ3) is 4.39. The third-order valence-corrected chi connectivity index (χ3v) is 4.27. The minimum absolute atomic E-state index is 0.156. The Kier molecular flexibility index (Phi) is 5.50. The number of hydrogen-bond donors (Lipinski definition) is 2. The second-order valence-electron chi connectivity index (χ2n) is 5.16. The summed E-state index contributed by atoms with van der Waals surface area (Å²) in [6.07, 6.45) is 3.10. The van der Waals surface area contributed by atoms with Crippen LogP contribution in [0.3, 0.4) is 0 Å². The lowest BCUT2D eigenvalue weighted by atomic mass is 9.97. The van der Waals surface area contributed by atoms with Gasteiger partial charge >= 0.3 is 12.0 Å². The average molecular weight is 308 g/mol. The highest BCUT2D eigenvalue weighted by Gasteiger charge is 2.26. The van der Waals surface area contributed by atoms with E-state index >= 15 is 0 Å². The van der Waals surface area contributed by atoms with E-state index in [1.54, 1.807) is 16.7 Å². The maximum absolute atomic E-state index is 12.1. The number of nitrogens with zero attached hydrogens (tertiary/aromatic N) is 1. The van der Waals surface area contributed by atoms with Crippen LogP contribution < -0.4 is 5.32 Å². The number of anilines is 1. The molecule has 5 nitrogen and oxygen atoms in total. The van der Waals surface area contributed by atoms with Crippen LogP contribution in [0, 0.1) is 5.92 Å². The summed E-state index contributed by atoms with van der Waals surface area (Å²) >= 11 is 1.76. The van der Waals surface area contributed by atoms with Crippen LogP contribution in [0.5, 0.6) is 0 Å². The number of benzene rings is 1. The molecule has 0 spiro atoms. The van der Waals surface area contributed by atoms with E-state index in [-0.39, 0.29) is 11.9 Å². The summed E-state index contributed by atoms with van der Waals surface area (Å²) in [4.78, 5) is 24.7. The molecular weight excluding hydrogens is 288 g/mol. The molecule has 1 aliphatic rings. The number of hydrogen-bond acceptors (Lipinski definition) is 3. The molecule has 1 saturated heterocycles. The van der Waals surface area contributed by atoms with E-state index in [1.807, 2.05) is 24.3 Å². The van der Waals surface area contributed by atoms with Gasteiger partial charge in [0.2, 0.25) is 0 Å². The molecule has 0 saturated carbocycles. The zero-order chi connectivity index (χ0) is 15.2. The Balaban J connectivity index is 1.85. The Morgan fingerprint density at radius 3 is 2.43 bits per heavy atom. The predicted octanol–water partition coefficient (Wildman–Crippen LogP) is 2.88. The van der Waals surface area contributed by atoms with Gasteiger partial charge in [-0.3, -0.25) is 4.79 Å². The van der Waals surface area contributed by atoms with Crippen molar-refractivity contribution in [2.45, 2.75) is 18.6 Å². The standard InChI is InChI=1S/C15H20N2O3S/c1-21-10-11-2-4-13(5-3-11)16-15(20)17-8-6-12(7-9-17)14(18)19/h2-5,12H,6-10H2,1H3,(H,16,20)(H,18,19). The molecule has 1 aromatic rings. The lowest BCUT2D eigenvalue weighted by Crippen LogP contribution is -2.42. The van der Waals surface area contributed by atoms with Crippen molar-refractivity contribution in [3.05, 3.63) is 29.8 Å². The number of thioether (sulfide) groups is 1. The SMILES string of the molecule is CSCc1ccc(NC(=O)N2CCC(C(=O)O)CC2)cc1. The average Bonchev–Trinajstić information content (AvgIpc) is 2.49. The van der Waals surface area contributed by atoms with E-state index < -0.39 is 5.97 Å². The smallest absolute Gasteiger partial charge is 0.321 e. The lowest BCUT2D eigenvalue weighted by Gasteiger charge is -2.30. The number of amides is 2. The molecule has 2 amide bonds. The van der Waals surface area contributed by atoms with Crippen LogP contribution >= 0.6 is 11.8 Å². The highest BCUT2D eigenvalue weighted by Crippen LogP contribution is 2.19. The minimum Gasteiger partial charge on any atom is -0.481 e. The number of rotatable bonds is 4. The number of nitrogens with one attached hydrogen (secondary N) is 1. The number of carbonyl (C=O) groups excluding carboxylic acids is 1. The van der Waals surface area contributed by atoms with Gasteiger partial charge in [-0.15, -0.1) is 0 Å². The summed E-state index contributed by atoms with van der Waals surface area (Å²) in [6, 6.07) is 7.64. The van der Waals surface area contributed by atoms with E-state index in [1.165, 1.54) is 5.56 Å². The van der Waals surface area contributed by atoms with Crippen molar-refractivity contribution in [1.82, 2.24) is 4.90 Å². The van der Waals surface area contributed by atoms with Crippen LogP contribution in [0.25, 0.3) is 0 Å². The van der Waals surface area contributed by atoms with E-state index in [0.29, 0.717) is 25.9 Å². The van der Waals surface area contributed by atoms with Gasteiger partial charge in [-0.2, -0.15) is 11.8 Å². The Morgan fingerprint density at radius 2 is 1.90 bits per heavy atom. The fraction of sp³-hybridized carbons (Fsp3) is 0.467. The summed E-state index contributed by atoms with van der Waals surface area (Å²) < 4.78 is 0. The van der Waals surface area contributed by atoms with E-state index in [9.17, 15) is 9.59 Å². The first-order valence-electron chi connectivity index (χ1n) is 6.96. The topological polar surface area (TPSA) is 69.6 Å². The number of urea groups is 1. The van der Waals surface area contributed by atoms with Gasteiger partial charge in [0.05, 0.1) is 5.92 Å². The van der Waals surface area contributed by atoms with Crippen LogP contribution in [-0.4, -0.2) is 41.4 Å². The Bertz CT molecular complexity index is 496. The summed E-state index contributed by atoms with van der Waals surface area (Å²) in [5.74, 6) is -0.129. The zero-order valence-electron chi connectivity index (χ0n) is 12.0. The zero-order valence-corrected chi connectivity index (χ0v) is 12.9. The van der Waals surface area contributed by atoms with Crippen molar-refractivity contribution in [2.75, 3.05) is 24.7 Å². The predicted molar refractivity (Wildman–Crippen MR) is 84.6 cm³/mol. The van der Waals surface area contributed by atoms with Crippen LogP contribution in [0.4, 0.5) is 10.5 Å². The molecule has 21 heavy (non-hydrogen) atoms. The Labute approximate surface area is 128 Å². The molecule has 2 N–H and O–H groups in total. The minimum atomic E-state index is -0.764. The first-order chi connectivity index (χ1) is 10.1. The normalized spacial score (nSPS) is 15.8. The number of piperidine rings is 1. The summed E-state index contributed by atoms with van der Waals surface area (Å²) in [5.41, 5.74) is 1.99. The first-order valence-corrected chi connectivity index (χ1v) is 8.36. The molecule has 0 bridgehead atoms. The third-order valence-electron chi connectivity index (χ3n) is 3.65. The monoisotopic (exact) mass is 308 g/mol. The molecule has 114 valence electrons. The summed E-state index contributed by atoms with van der Waals surface area (Å²) in [7, 11) is 0. The molecule has 0 unspecified atom stereocenters. The van der Waals surface area contributed by atoms with E-state index in [4.69, 9.17) is 5.11 Å². The number of carboxylic acid groups (broad SMARTS) is 1. The molecule has 0 aliphatic carbocycles. The highest BCUT2D eigenvalue weighted by molar-refractivity contribution is 7.97.